The number of hydrogen-bond acceptors (Lipinski definition) is 4. The van der Waals surface area contributed by atoms with Gasteiger partial charge in [-0.25, -0.2) is 14.3 Å². The maximum absolute atomic E-state index is 12.4. The number of amides is 2. The van der Waals surface area contributed by atoms with Crippen molar-refractivity contribution in [2.24, 2.45) is 0 Å². The summed E-state index contributed by atoms with van der Waals surface area (Å²) in [7, 11) is 1.57. The highest BCUT2D eigenvalue weighted by Gasteiger charge is 2.17. The molecular weight excluding hydrogens is 378 g/mol. The van der Waals surface area contributed by atoms with E-state index in [0.717, 1.165) is 36.9 Å². The van der Waals surface area contributed by atoms with Gasteiger partial charge in [0.15, 0.2) is 5.65 Å². The number of rotatable bonds is 4. The number of methoxy groups -OCH3 is 1. The molecule has 2 amide bonds. The summed E-state index contributed by atoms with van der Waals surface area (Å²) in [6.07, 6.45) is 7.43. The summed E-state index contributed by atoms with van der Waals surface area (Å²) < 4.78 is 6.80. The second-order valence-corrected chi connectivity index (χ2v) is 7.34. The van der Waals surface area contributed by atoms with Gasteiger partial charge < -0.3 is 15.4 Å². The second-order valence-electron chi connectivity index (χ2n) is 6.93. The van der Waals surface area contributed by atoms with Crippen LogP contribution in [0.1, 0.15) is 32.1 Å². The Balaban J connectivity index is 1.54. The molecule has 3 aromatic rings. The van der Waals surface area contributed by atoms with Crippen LogP contribution >= 0.6 is 11.6 Å². The minimum atomic E-state index is -0.229. The molecule has 0 spiro atoms. The van der Waals surface area contributed by atoms with E-state index in [1.54, 1.807) is 23.8 Å². The van der Waals surface area contributed by atoms with Crippen LogP contribution in [0.5, 0.6) is 5.88 Å². The quantitative estimate of drug-likeness (QED) is 0.676. The van der Waals surface area contributed by atoms with Gasteiger partial charge in [0.2, 0.25) is 5.88 Å². The van der Waals surface area contributed by atoms with Crippen LogP contribution in [0, 0.1) is 0 Å². The van der Waals surface area contributed by atoms with Gasteiger partial charge in [0.05, 0.1) is 29.7 Å². The fraction of sp³-hybridized carbons (Fsp3) is 0.350. The van der Waals surface area contributed by atoms with E-state index in [2.05, 4.69) is 20.7 Å². The first-order valence-electron chi connectivity index (χ1n) is 9.40. The monoisotopic (exact) mass is 399 g/mol. The molecule has 0 aliphatic heterocycles. The Morgan fingerprint density at radius 1 is 1.21 bits per heavy atom. The topological polar surface area (TPSA) is 80.5 Å². The number of urea groups is 1. The third-order valence-corrected chi connectivity index (χ3v) is 5.29. The van der Waals surface area contributed by atoms with Gasteiger partial charge >= 0.3 is 6.03 Å². The first kappa shape index (κ1) is 18.6. The van der Waals surface area contributed by atoms with Gasteiger partial charge in [0, 0.05) is 17.7 Å². The van der Waals surface area contributed by atoms with Crippen molar-refractivity contribution in [3.8, 4) is 17.1 Å². The molecule has 1 aromatic carbocycles. The molecule has 1 fully saturated rings. The van der Waals surface area contributed by atoms with Crippen molar-refractivity contribution in [2.45, 2.75) is 38.1 Å². The third kappa shape index (κ3) is 4.04. The van der Waals surface area contributed by atoms with Crippen molar-refractivity contribution in [3.63, 3.8) is 0 Å². The molecule has 146 valence electrons. The maximum atomic E-state index is 12.4. The van der Waals surface area contributed by atoms with Crippen LogP contribution in [0.25, 0.3) is 16.9 Å². The van der Waals surface area contributed by atoms with E-state index in [9.17, 15) is 4.79 Å². The van der Waals surface area contributed by atoms with Gasteiger partial charge in [-0.15, -0.1) is 5.10 Å². The number of nitrogens with one attached hydrogen (secondary N) is 2. The Morgan fingerprint density at radius 2 is 2.04 bits per heavy atom. The molecule has 2 N–H and O–H groups in total. The number of fused-ring (bicyclic) bond motifs is 1. The zero-order valence-electron chi connectivity index (χ0n) is 15.6. The number of nitrogens with zero attached hydrogens (tertiary/aromatic N) is 3. The highest BCUT2D eigenvalue weighted by Crippen LogP contribution is 2.29. The number of halogens is 1. The SMILES string of the molecule is COc1ccc2nc(-c3ccc(Cl)c(NC(=O)NC4CCCCC4)c3)cn2n1. The van der Waals surface area contributed by atoms with Crippen molar-refractivity contribution in [1.29, 1.82) is 0 Å². The van der Waals surface area contributed by atoms with Crippen molar-refractivity contribution in [3.05, 3.63) is 41.6 Å². The van der Waals surface area contributed by atoms with E-state index in [1.165, 1.54) is 6.42 Å². The molecule has 1 saturated carbocycles. The molecule has 2 heterocycles. The Morgan fingerprint density at radius 3 is 2.82 bits per heavy atom. The summed E-state index contributed by atoms with van der Waals surface area (Å²) >= 11 is 6.29. The average molecular weight is 400 g/mol. The van der Waals surface area contributed by atoms with Crippen LogP contribution in [-0.4, -0.2) is 33.8 Å². The predicted molar refractivity (Wildman–Crippen MR) is 109 cm³/mol. The largest absolute Gasteiger partial charge is 0.480 e. The summed E-state index contributed by atoms with van der Waals surface area (Å²) in [5, 5.41) is 10.7. The zero-order chi connectivity index (χ0) is 19.5. The summed E-state index contributed by atoms with van der Waals surface area (Å²) in [6.45, 7) is 0. The summed E-state index contributed by atoms with van der Waals surface area (Å²) in [5.74, 6) is 0.509. The lowest BCUT2D eigenvalue weighted by atomic mass is 9.96. The van der Waals surface area contributed by atoms with Crippen LogP contribution < -0.4 is 15.4 Å². The number of hydrogen-bond donors (Lipinski definition) is 2. The van der Waals surface area contributed by atoms with Gasteiger partial charge in [-0.2, -0.15) is 0 Å². The number of carbonyl (C=O) groups excluding carboxylic acids is 1. The first-order valence-corrected chi connectivity index (χ1v) is 9.78. The molecule has 1 aliphatic rings. The predicted octanol–water partition coefficient (Wildman–Crippen LogP) is 4.51. The van der Waals surface area contributed by atoms with E-state index in [-0.39, 0.29) is 12.1 Å². The smallest absolute Gasteiger partial charge is 0.319 e. The molecule has 0 saturated heterocycles. The van der Waals surface area contributed by atoms with Crippen molar-refractivity contribution in [2.75, 3.05) is 12.4 Å². The average Bonchev–Trinajstić information content (AvgIpc) is 3.13. The van der Waals surface area contributed by atoms with E-state index in [0.29, 0.717) is 22.2 Å². The maximum Gasteiger partial charge on any atom is 0.319 e. The zero-order valence-corrected chi connectivity index (χ0v) is 16.4. The van der Waals surface area contributed by atoms with Crippen LogP contribution in [0.4, 0.5) is 10.5 Å². The highest BCUT2D eigenvalue weighted by atomic mass is 35.5. The summed E-state index contributed by atoms with van der Waals surface area (Å²) in [6, 6.07) is 9.04. The Bertz CT molecular complexity index is 997. The highest BCUT2D eigenvalue weighted by molar-refractivity contribution is 6.33. The fourth-order valence-corrected chi connectivity index (χ4v) is 3.65. The van der Waals surface area contributed by atoms with E-state index >= 15 is 0 Å². The number of anilines is 1. The molecule has 0 atom stereocenters. The fourth-order valence-electron chi connectivity index (χ4n) is 3.48. The molecular formula is C20H22ClN5O2. The van der Waals surface area contributed by atoms with Crippen molar-refractivity contribution < 1.29 is 9.53 Å². The Hall–Kier alpha value is -2.80. The van der Waals surface area contributed by atoms with Gasteiger partial charge in [-0.3, -0.25) is 0 Å². The number of ether oxygens (including phenoxy) is 1. The Kier molecular flexibility index (Phi) is 5.34. The molecule has 7 nitrogen and oxygen atoms in total. The lowest BCUT2D eigenvalue weighted by Gasteiger charge is -2.23. The molecule has 8 heteroatoms. The van der Waals surface area contributed by atoms with Gasteiger partial charge in [0.1, 0.15) is 0 Å². The molecule has 0 radical (unpaired) electrons. The van der Waals surface area contributed by atoms with E-state index in [1.807, 2.05) is 24.4 Å². The molecule has 1 aliphatic carbocycles. The van der Waals surface area contributed by atoms with Crippen LogP contribution in [0.3, 0.4) is 0 Å². The Labute approximate surface area is 168 Å². The standard InChI is InChI=1S/C20H22ClN5O2/c1-28-19-10-9-18-23-17(12-26(18)25-19)13-7-8-15(21)16(11-13)24-20(27)22-14-5-3-2-4-6-14/h7-12,14H,2-6H2,1H3,(H2,22,24,27). The second kappa shape index (κ2) is 8.06. The van der Waals surface area contributed by atoms with Crippen LogP contribution in [0.2, 0.25) is 5.02 Å². The molecule has 4 rings (SSSR count). The van der Waals surface area contributed by atoms with E-state index < -0.39 is 0 Å². The number of imidazole rings is 1. The lowest BCUT2D eigenvalue weighted by molar-refractivity contribution is 0.244. The summed E-state index contributed by atoms with van der Waals surface area (Å²) in [4.78, 5) is 16.9. The van der Waals surface area contributed by atoms with Crippen molar-refractivity contribution in [1.82, 2.24) is 19.9 Å². The molecule has 0 unspecified atom stereocenters. The summed E-state index contributed by atoms with van der Waals surface area (Å²) in [5.41, 5.74) is 2.82. The normalized spacial score (nSPS) is 14.8. The molecule has 28 heavy (non-hydrogen) atoms. The van der Waals surface area contributed by atoms with Gasteiger partial charge in [-0.05, 0) is 31.0 Å². The lowest BCUT2D eigenvalue weighted by Crippen LogP contribution is -2.39. The van der Waals surface area contributed by atoms with Crippen LogP contribution in [0.15, 0.2) is 36.5 Å². The first-order chi connectivity index (χ1) is 13.6. The minimum absolute atomic E-state index is 0.229. The minimum Gasteiger partial charge on any atom is -0.480 e. The number of aromatic nitrogens is 3. The third-order valence-electron chi connectivity index (χ3n) is 4.96. The van der Waals surface area contributed by atoms with E-state index in [4.69, 9.17) is 16.3 Å². The van der Waals surface area contributed by atoms with Gasteiger partial charge in [0.25, 0.3) is 0 Å². The molecule has 0 bridgehead atoms. The number of carbonyl (C=O) groups is 1. The van der Waals surface area contributed by atoms with Gasteiger partial charge in [-0.1, -0.05) is 36.9 Å². The number of benzene rings is 1. The molecule has 2 aromatic heterocycles. The van der Waals surface area contributed by atoms with Crippen molar-refractivity contribution >= 4 is 29.0 Å². The van der Waals surface area contributed by atoms with Crippen LogP contribution in [-0.2, 0) is 0 Å².